The summed E-state index contributed by atoms with van der Waals surface area (Å²) in [5.74, 6) is 0. The van der Waals surface area contributed by atoms with Gasteiger partial charge in [-0.05, 0) is 98.5 Å². The standard InChI is InChI=1S/C34H34N4/c1-23-5-4-16-35-33(23)26-9-7-25(8-10-26)32-22-37-34-31(32)20-29(21-36-34)28-11-6-24-12-14-30(15-13-27(24)19-28)38-17-2-3-18-38/h4-11,16,19-22,30H,2-3,12-15,17-18H2,1H3,(H,36,37)/t30-/m0/s1. The van der Waals surface area contributed by atoms with Gasteiger partial charge in [0.2, 0.25) is 0 Å². The van der Waals surface area contributed by atoms with E-state index in [9.17, 15) is 0 Å². The number of nitrogens with zero attached hydrogens (tertiary/aromatic N) is 3. The average Bonchev–Trinajstić information content (AvgIpc) is 3.60. The molecule has 1 aliphatic carbocycles. The predicted octanol–water partition coefficient (Wildman–Crippen LogP) is 7.61. The summed E-state index contributed by atoms with van der Waals surface area (Å²) in [4.78, 5) is 15.5. The number of likely N-dealkylation sites (tertiary alicyclic amines) is 1. The monoisotopic (exact) mass is 498 g/mol. The molecule has 190 valence electrons. The number of aryl methyl sites for hydroxylation is 3. The summed E-state index contributed by atoms with van der Waals surface area (Å²) in [6.45, 7) is 4.70. The van der Waals surface area contributed by atoms with Gasteiger partial charge in [0.1, 0.15) is 5.65 Å². The first-order chi connectivity index (χ1) is 18.7. The molecule has 4 heterocycles. The summed E-state index contributed by atoms with van der Waals surface area (Å²) in [6, 6.07) is 23.0. The van der Waals surface area contributed by atoms with E-state index in [1.54, 1.807) is 0 Å². The van der Waals surface area contributed by atoms with Crippen LogP contribution in [0.15, 0.2) is 79.3 Å². The molecule has 1 aliphatic heterocycles. The van der Waals surface area contributed by atoms with Crippen molar-refractivity contribution in [2.75, 3.05) is 13.1 Å². The lowest BCUT2D eigenvalue weighted by Crippen LogP contribution is -2.32. The Bertz CT molecular complexity index is 1590. The fraction of sp³-hybridized carbons (Fsp3) is 0.294. The van der Waals surface area contributed by atoms with E-state index < -0.39 is 0 Å². The minimum Gasteiger partial charge on any atom is -0.346 e. The zero-order chi connectivity index (χ0) is 25.5. The third-order valence-corrected chi connectivity index (χ3v) is 8.70. The van der Waals surface area contributed by atoms with Crippen LogP contribution in [0.2, 0.25) is 0 Å². The molecule has 0 spiro atoms. The van der Waals surface area contributed by atoms with Gasteiger partial charge in [-0.1, -0.05) is 48.5 Å². The van der Waals surface area contributed by atoms with Crippen LogP contribution in [-0.4, -0.2) is 39.0 Å². The zero-order valence-electron chi connectivity index (χ0n) is 22.1. The number of fused-ring (bicyclic) bond motifs is 2. The summed E-state index contributed by atoms with van der Waals surface area (Å²) in [7, 11) is 0. The van der Waals surface area contributed by atoms with Crippen molar-refractivity contribution in [2.24, 2.45) is 0 Å². The highest BCUT2D eigenvalue weighted by Gasteiger charge is 2.24. The normalized spacial score (nSPS) is 18.0. The molecule has 2 aliphatic rings. The number of aromatic nitrogens is 3. The van der Waals surface area contributed by atoms with Gasteiger partial charge in [0, 0.05) is 46.7 Å². The molecule has 3 aromatic heterocycles. The lowest BCUT2D eigenvalue weighted by Gasteiger charge is -2.25. The van der Waals surface area contributed by atoms with Crippen LogP contribution in [0.25, 0.3) is 44.5 Å². The Balaban J connectivity index is 1.17. The summed E-state index contributed by atoms with van der Waals surface area (Å²) in [5.41, 5.74) is 12.2. The van der Waals surface area contributed by atoms with Crippen LogP contribution in [0.4, 0.5) is 0 Å². The molecule has 0 radical (unpaired) electrons. The van der Waals surface area contributed by atoms with E-state index in [2.05, 4.69) is 82.6 Å². The second kappa shape index (κ2) is 9.85. The molecule has 1 atom stereocenters. The van der Waals surface area contributed by atoms with Crippen molar-refractivity contribution in [3.63, 3.8) is 0 Å². The van der Waals surface area contributed by atoms with E-state index in [1.807, 2.05) is 18.5 Å². The van der Waals surface area contributed by atoms with Gasteiger partial charge in [0.15, 0.2) is 0 Å². The second-order valence-corrected chi connectivity index (χ2v) is 11.0. The molecule has 4 heteroatoms. The fourth-order valence-corrected chi connectivity index (χ4v) is 6.54. The first-order valence-corrected chi connectivity index (χ1v) is 14.1. The third kappa shape index (κ3) is 4.33. The molecule has 5 aromatic rings. The number of pyridine rings is 2. The Kier molecular flexibility index (Phi) is 6.05. The van der Waals surface area contributed by atoms with Crippen molar-refractivity contribution in [1.82, 2.24) is 19.9 Å². The largest absolute Gasteiger partial charge is 0.346 e. The Hall–Kier alpha value is -3.76. The quantitative estimate of drug-likeness (QED) is 0.259. The predicted molar refractivity (Wildman–Crippen MR) is 156 cm³/mol. The minimum absolute atomic E-state index is 0.752. The molecule has 7 rings (SSSR count). The number of hydrogen-bond acceptors (Lipinski definition) is 3. The topological polar surface area (TPSA) is 44.8 Å². The number of rotatable bonds is 4. The van der Waals surface area contributed by atoms with E-state index >= 15 is 0 Å². The maximum absolute atomic E-state index is 4.80. The lowest BCUT2D eigenvalue weighted by atomic mass is 9.96. The highest BCUT2D eigenvalue weighted by atomic mass is 15.2. The van der Waals surface area contributed by atoms with E-state index in [1.165, 1.54) is 90.6 Å². The van der Waals surface area contributed by atoms with Crippen LogP contribution in [0.5, 0.6) is 0 Å². The molecule has 0 unspecified atom stereocenters. The fourth-order valence-electron chi connectivity index (χ4n) is 6.54. The van der Waals surface area contributed by atoms with Crippen molar-refractivity contribution in [3.8, 4) is 33.5 Å². The van der Waals surface area contributed by atoms with Crippen LogP contribution in [0.3, 0.4) is 0 Å². The smallest absolute Gasteiger partial charge is 0.137 e. The Morgan fingerprint density at radius 3 is 2.37 bits per heavy atom. The average molecular weight is 499 g/mol. The summed E-state index contributed by atoms with van der Waals surface area (Å²) < 4.78 is 0. The zero-order valence-corrected chi connectivity index (χ0v) is 22.1. The summed E-state index contributed by atoms with van der Waals surface area (Å²) in [5, 5.41) is 1.16. The lowest BCUT2D eigenvalue weighted by molar-refractivity contribution is 0.222. The van der Waals surface area contributed by atoms with Gasteiger partial charge in [-0.15, -0.1) is 0 Å². The number of H-pyrrole nitrogens is 1. The maximum Gasteiger partial charge on any atom is 0.137 e. The highest BCUT2D eigenvalue weighted by Crippen LogP contribution is 2.34. The van der Waals surface area contributed by atoms with Gasteiger partial charge in [0.05, 0.1) is 5.69 Å². The van der Waals surface area contributed by atoms with Crippen molar-refractivity contribution in [2.45, 2.75) is 51.5 Å². The molecule has 4 nitrogen and oxygen atoms in total. The van der Waals surface area contributed by atoms with E-state index in [0.29, 0.717) is 0 Å². The SMILES string of the molecule is Cc1cccnc1-c1ccc(-c2c[nH]c3ncc(-c4ccc5c(c4)CC[C@@H](N4CCCC4)CC5)cc23)cc1. The molecular weight excluding hydrogens is 464 g/mol. The number of aromatic amines is 1. The first kappa shape index (κ1) is 23.4. The molecule has 2 aromatic carbocycles. The molecule has 0 saturated carbocycles. The van der Waals surface area contributed by atoms with Gasteiger partial charge in [-0.25, -0.2) is 4.98 Å². The molecular formula is C34H34N4. The molecule has 1 saturated heterocycles. The number of benzene rings is 2. The highest BCUT2D eigenvalue weighted by molar-refractivity contribution is 5.96. The minimum atomic E-state index is 0.752. The van der Waals surface area contributed by atoms with Crippen LogP contribution >= 0.6 is 0 Å². The summed E-state index contributed by atoms with van der Waals surface area (Å²) >= 11 is 0. The number of nitrogens with one attached hydrogen (secondary N) is 1. The van der Waals surface area contributed by atoms with Crippen LogP contribution in [-0.2, 0) is 12.8 Å². The van der Waals surface area contributed by atoms with Crippen LogP contribution < -0.4 is 0 Å². The van der Waals surface area contributed by atoms with E-state index in [-0.39, 0.29) is 0 Å². The number of hydrogen-bond donors (Lipinski definition) is 1. The van der Waals surface area contributed by atoms with Crippen molar-refractivity contribution >= 4 is 11.0 Å². The molecule has 1 N–H and O–H groups in total. The van der Waals surface area contributed by atoms with Gasteiger partial charge in [-0.3, -0.25) is 4.98 Å². The van der Waals surface area contributed by atoms with Crippen molar-refractivity contribution in [1.29, 1.82) is 0 Å². The maximum atomic E-state index is 4.80. The van der Waals surface area contributed by atoms with Gasteiger partial charge < -0.3 is 9.88 Å². The van der Waals surface area contributed by atoms with E-state index in [0.717, 1.165) is 28.3 Å². The third-order valence-electron chi connectivity index (χ3n) is 8.70. The van der Waals surface area contributed by atoms with Crippen LogP contribution in [0, 0.1) is 6.92 Å². The van der Waals surface area contributed by atoms with E-state index in [4.69, 9.17) is 4.98 Å². The van der Waals surface area contributed by atoms with Gasteiger partial charge >= 0.3 is 0 Å². The Morgan fingerprint density at radius 2 is 1.55 bits per heavy atom. The van der Waals surface area contributed by atoms with Gasteiger partial charge in [-0.2, -0.15) is 0 Å². The van der Waals surface area contributed by atoms with Crippen molar-refractivity contribution in [3.05, 3.63) is 95.9 Å². The Morgan fingerprint density at radius 1 is 0.789 bits per heavy atom. The second-order valence-electron chi connectivity index (χ2n) is 11.0. The molecule has 1 fully saturated rings. The molecule has 38 heavy (non-hydrogen) atoms. The first-order valence-electron chi connectivity index (χ1n) is 14.1. The molecule has 0 amide bonds. The van der Waals surface area contributed by atoms with Crippen molar-refractivity contribution < 1.29 is 0 Å². The van der Waals surface area contributed by atoms with Gasteiger partial charge in [0.25, 0.3) is 0 Å². The Labute approximate surface area is 224 Å². The molecule has 0 bridgehead atoms. The van der Waals surface area contributed by atoms with Crippen LogP contribution in [0.1, 0.15) is 42.4 Å². The summed E-state index contributed by atoms with van der Waals surface area (Å²) in [6.07, 6.45) is 13.7.